The van der Waals surface area contributed by atoms with Crippen LogP contribution in [-0.2, 0) is 27.7 Å². The van der Waals surface area contributed by atoms with E-state index in [1.54, 1.807) is 52.2 Å². The largest absolute Gasteiger partial charge is 0.438 e. The molecule has 4 aromatic heterocycles. The van der Waals surface area contributed by atoms with Crippen molar-refractivity contribution in [3.63, 3.8) is 0 Å². The molecule has 65 heavy (non-hydrogen) atoms. The van der Waals surface area contributed by atoms with E-state index in [1.807, 2.05) is 61.4 Å². The standard InChI is InChI=1S/C49H54FN8O6P/c1-7-32-27-36(11-13-41(32)65(62,8-2)9-3)55-20-21-56(48(55)61)44-42-31(6)54(19-14-38(42)52-58(44)37-24-29(4)43(50)30(5)25-37)45(59)40-28-35-26-34(33-15-22-63-23-16-33)10-12-39(35)57(40)49(17-18-49)46-51-47(60)64-53-46/h10-13,20-21,24-28,31,33H,7-9,14-19,22-23H2,1-6H3,(H,51,53,60)/t31-/m0/s1. The first kappa shape index (κ1) is 42.9. The smallest absolute Gasteiger partial charge is 0.381 e. The van der Waals surface area contributed by atoms with Gasteiger partial charge in [0.1, 0.15) is 30.0 Å². The number of halogens is 1. The molecule has 1 atom stereocenters. The van der Waals surface area contributed by atoms with Crippen LogP contribution in [0.4, 0.5) is 4.39 Å². The molecular weight excluding hydrogens is 847 g/mol. The molecule has 1 saturated carbocycles. The monoisotopic (exact) mass is 900 g/mol. The molecule has 1 N–H and O–H groups in total. The van der Waals surface area contributed by atoms with E-state index in [-0.39, 0.29) is 17.4 Å². The first-order valence-corrected chi connectivity index (χ1v) is 24.9. The Morgan fingerprint density at radius 1 is 0.938 bits per heavy atom. The van der Waals surface area contributed by atoms with Gasteiger partial charge >= 0.3 is 11.4 Å². The van der Waals surface area contributed by atoms with Gasteiger partial charge in [0.15, 0.2) is 5.82 Å². The van der Waals surface area contributed by atoms with Gasteiger partial charge in [0.2, 0.25) is 0 Å². The lowest BCUT2D eigenvalue weighted by Gasteiger charge is -2.34. The maximum atomic E-state index is 15.4. The van der Waals surface area contributed by atoms with E-state index in [0.29, 0.717) is 109 Å². The Bertz CT molecular complexity index is 3160. The van der Waals surface area contributed by atoms with Gasteiger partial charge in [0, 0.05) is 72.7 Å². The number of hydrogen-bond donors (Lipinski definition) is 1. The number of ether oxygens (including phenoxy) is 1. The summed E-state index contributed by atoms with van der Waals surface area (Å²) >= 11 is 0. The number of carbonyl (C=O) groups excluding carboxylic acids is 1. The highest BCUT2D eigenvalue weighted by Crippen LogP contribution is 2.51. The number of carbonyl (C=O) groups is 1. The minimum Gasteiger partial charge on any atom is -0.381 e. The van der Waals surface area contributed by atoms with E-state index >= 15 is 9.18 Å². The molecular formula is C49H54FN8O6P. The summed E-state index contributed by atoms with van der Waals surface area (Å²) in [6, 6.07) is 16.9. The van der Waals surface area contributed by atoms with Gasteiger partial charge in [-0.25, -0.2) is 18.7 Å². The van der Waals surface area contributed by atoms with Crippen molar-refractivity contribution in [1.29, 1.82) is 0 Å². The number of nitrogens with zero attached hydrogens (tertiary/aromatic N) is 7. The lowest BCUT2D eigenvalue weighted by atomic mass is 9.91. The summed E-state index contributed by atoms with van der Waals surface area (Å²) in [4.78, 5) is 47.2. The molecule has 6 heterocycles. The summed E-state index contributed by atoms with van der Waals surface area (Å²) in [7, 11) is -2.59. The summed E-state index contributed by atoms with van der Waals surface area (Å²) in [5.74, 6) is -0.0208. The fourth-order valence-electron chi connectivity index (χ4n) is 10.5. The molecule has 0 unspecified atom stereocenters. The zero-order chi connectivity index (χ0) is 45.5. The number of aromatic nitrogens is 7. The topological polar surface area (TPSA) is 155 Å². The van der Waals surface area contributed by atoms with Gasteiger partial charge in [0.05, 0.1) is 23.1 Å². The summed E-state index contributed by atoms with van der Waals surface area (Å²) < 4.78 is 46.6. The second-order valence-electron chi connectivity index (χ2n) is 18.0. The molecule has 1 saturated heterocycles. The van der Waals surface area contributed by atoms with Crippen LogP contribution in [0.15, 0.2) is 81.1 Å². The van der Waals surface area contributed by atoms with Gasteiger partial charge in [-0.1, -0.05) is 32.0 Å². The quantitative estimate of drug-likeness (QED) is 0.128. The molecule has 14 nitrogen and oxygen atoms in total. The van der Waals surface area contributed by atoms with Gasteiger partial charge < -0.3 is 18.8 Å². The highest BCUT2D eigenvalue weighted by Gasteiger charge is 2.52. The zero-order valence-electron chi connectivity index (χ0n) is 37.7. The number of aromatic amines is 1. The van der Waals surface area contributed by atoms with Crippen molar-refractivity contribution in [3.05, 3.63) is 139 Å². The van der Waals surface area contributed by atoms with Crippen molar-refractivity contribution in [3.8, 4) is 17.2 Å². The van der Waals surface area contributed by atoms with Crippen LogP contribution in [0, 0.1) is 19.7 Å². The number of rotatable bonds is 11. The third kappa shape index (κ3) is 6.92. The summed E-state index contributed by atoms with van der Waals surface area (Å²) in [6.45, 7) is 13.1. The molecule has 1 aliphatic carbocycles. The Hall–Kier alpha value is -6.05. The second kappa shape index (κ2) is 16.1. The number of aryl methyl sites for hydroxylation is 3. The molecule has 16 heteroatoms. The second-order valence-corrected chi connectivity index (χ2v) is 21.5. The minimum absolute atomic E-state index is 0.218. The van der Waals surface area contributed by atoms with Gasteiger partial charge in [-0.15, -0.1) is 0 Å². The molecule has 7 aromatic rings. The normalized spacial score (nSPS) is 17.5. The van der Waals surface area contributed by atoms with Crippen LogP contribution in [0.5, 0.6) is 0 Å². The van der Waals surface area contributed by atoms with Crippen LogP contribution in [0.3, 0.4) is 0 Å². The molecule has 0 spiro atoms. The van der Waals surface area contributed by atoms with Crippen molar-refractivity contribution >= 4 is 29.3 Å². The van der Waals surface area contributed by atoms with E-state index < -0.39 is 24.5 Å². The van der Waals surface area contributed by atoms with E-state index in [2.05, 4.69) is 28.3 Å². The molecule has 10 rings (SSSR count). The Labute approximate surface area is 375 Å². The molecule has 2 aliphatic heterocycles. The summed E-state index contributed by atoms with van der Waals surface area (Å²) in [5, 5.41) is 11.0. The lowest BCUT2D eigenvalue weighted by molar-refractivity contribution is 0.0664. The first-order chi connectivity index (χ1) is 31.3. The third-order valence-corrected chi connectivity index (χ3v) is 17.7. The predicted octanol–water partition coefficient (Wildman–Crippen LogP) is 7.98. The first-order valence-electron chi connectivity index (χ1n) is 22.8. The van der Waals surface area contributed by atoms with Crippen molar-refractivity contribution in [2.45, 2.75) is 97.6 Å². The highest BCUT2D eigenvalue weighted by atomic mass is 31.2. The number of hydrogen-bond acceptors (Lipinski definition) is 8. The Morgan fingerprint density at radius 3 is 2.32 bits per heavy atom. The van der Waals surface area contributed by atoms with E-state index in [0.717, 1.165) is 40.3 Å². The number of imidazole rings is 1. The Kier molecular flexibility index (Phi) is 10.6. The molecule has 0 radical (unpaired) electrons. The van der Waals surface area contributed by atoms with Crippen LogP contribution >= 0.6 is 7.14 Å². The van der Waals surface area contributed by atoms with Gasteiger partial charge in [-0.05, 0) is 130 Å². The maximum Gasteiger partial charge on any atom is 0.438 e. The van der Waals surface area contributed by atoms with Crippen LogP contribution in [0.25, 0.3) is 28.1 Å². The van der Waals surface area contributed by atoms with Crippen molar-refractivity contribution < 1.29 is 23.0 Å². The van der Waals surface area contributed by atoms with Gasteiger partial charge in [-0.3, -0.25) is 23.4 Å². The van der Waals surface area contributed by atoms with Crippen LogP contribution in [0.1, 0.15) is 115 Å². The Morgan fingerprint density at radius 2 is 1.66 bits per heavy atom. The summed E-state index contributed by atoms with van der Waals surface area (Å²) in [6.07, 6.45) is 8.72. The van der Waals surface area contributed by atoms with Gasteiger partial charge in [0.25, 0.3) is 5.91 Å². The lowest BCUT2D eigenvalue weighted by Crippen LogP contribution is -2.41. The van der Waals surface area contributed by atoms with E-state index in [4.69, 9.17) is 14.4 Å². The fraction of sp³-hybridized carbons (Fsp3) is 0.408. The van der Waals surface area contributed by atoms with Crippen LogP contribution < -0.4 is 16.8 Å². The van der Waals surface area contributed by atoms with Crippen molar-refractivity contribution in [2.24, 2.45) is 0 Å². The highest BCUT2D eigenvalue weighted by molar-refractivity contribution is 7.71. The fourth-order valence-corrected chi connectivity index (χ4v) is 12.7. The maximum absolute atomic E-state index is 15.4. The SMILES string of the molecule is CCc1cc(-n2ccn(-c3c4c(nn3-c3cc(C)c(F)c(C)c3)CCN(C(=O)c3cc5cc(C6CCOCC6)ccc5n3C3(c5noc(=O)[nH]5)CC3)[C@H]4C)c2=O)ccc1P(=O)(CC)CC. The molecule has 1 amide bonds. The van der Waals surface area contributed by atoms with Gasteiger partial charge in [-0.2, -0.15) is 5.10 Å². The van der Waals surface area contributed by atoms with Crippen molar-refractivity contribution in [2.75, 3.05) is 32.1 Å². The van der Waals surface area contributed by atoms with Crippen LogP contribution in [-0.4, -0.2) is 76.5 Å². The average Bonchev–Trinajstić information content (AvgIpc) is 3.60. The number of H-pyrrole nitrogens is 1. The molecule has 3 aromatic carbocycles. The molecule has 2 fully saturated rings. The number of nitrogens with one attached hydrogen (secondary N) is 1. The molecule has 3 aliphatic rings. The number of fused-ring (bicyclic) bond motifs is 2. The predicted molar refractivity (Wildman–Crippen MR) is 247 cm³/mol. The van der Waals surface area contributed by atoms with Crippen molar-refractivity contribution in [1.82, 2.24) is 38.5 Å². The summed E-state index contributed by atoms with van der Waals surface area (Å²) in [5.41, 5.74) is 5.82. The molecule has 0 bridgehead atoms. The van der Waals surface area contributed by atoms with E-state index in [1.165, 1.54) is 5.56 Å². The Balaban J connectivity index is 1.10. The number of benzene rings is 3. The molecule has 338 valence electrons. The zero-order valence-corrected chi connectivity index (χ0v) is 38.6. The third-order valence-electron chi connectivity index (χ3n) is 14.3. The number of amides is 1. The van der Waals surface area contributed by atoms with E-state index in [9.17, 15) is 14.2 Å². The minimum atomic E-state index is -2.59. The van der Waals surface area contributed by atoms with Crippen LogP contribution in [0.2, 0.25) is 0 Å². The average molecular weight is 901 g/mol.